The second-order valence-electron chi connectivity index (χ2n) is 8.62. The molecule has 8 heteroatoms. The van der Waals surface area contributed by atoms with Gasteiger partial charge in [-0.2, -0.15) is 0 Å². The van der Waals surface area contributed by atoms with Crippen molar-refractivity contribution in [3.63, 3.8) is 0 Å². The van der Waals surface area contributed by atoms with Crippen molar-refractivity contribution in [1.29, 1.82) is 0 Å². The number of amides is 1. The fourth-order valence-electron chi connectivity index (χ4n) is 4.24. The first-order valence-electron chi connectivity index (χ1n) is 11.5. The SMILES string of the molecule is Cc1nc(SCC(=O)NC[C@@H]2CN(Cc3ccccc3)CCO2)n(C[C@H]2CCCO2)c1C. The van der Waals surface area contributed by atoms with E-state index in [9.17, 15) is 4.79 Å². The molecule has 2 aliphatic rings. The number of thioether (sulfide) groups is 1. The molecule has 0 spiro atoms. The van der Waals surface area contributed by atoms with Crippen molar-refractivity contribution < 1.29 is 14.3 Å². The van der Waals surface area contributed by atoms with Crippen LogP contribution in [0.2, 0.25) is 0 Å². The first kappa shape index (κ1) is 23.3. The molecule has 2 fully saturated rings. The van der Waals surface area contributed by atoms with Crippen LogP contribution in [0.1, 0.15) is 29.8 Å². The maximum absolute atomic E-state index is 12.5. The molecule has 0 bridgehead atoms. The number of morpholine rings is 1. The molecule has 4 rings (SSSR count). The summed E-state index contributed by atoms with van der Waals surface area (Å²) in [6, 6.07) is 10.5. The van der Waals surface area contributed by atoms with Crippen molar-refractivity contribution in [2.24, 2.45) is 0 Å². The zero-order valence-corrected chi connectivity index (χ0v) is 19.9. The standard InChI is InChI=1S/C24H34N4O3S/c1-18-19(2)28(16-21-9-6-11-30-21)24(26-18)32-17-23(29)25-13-22-15-27(10-12-31-22)14-20-7-4-3-5-8-20/h3-5,7-8,21-22H,6,9-17H2,1-2H3,(H,25,29)/t21-,22-/m1/s1. The van der Waals surface area contributed by atoms with Crippen molar-refractivity contribution in [1.82, 2.24) is 19.8 Å². The number of carbonyl (C=O) groups is 1. The third kappa shape index (κ3) is 6.34. The van der Waals surface area contributed by atoms with Gasteiger partial charge in [0, 0.05) is 38.5 Å². The van der Waals surface area contributed by atoms with Gasteiger partial charge in [0.1, 0.15) is 0 Å². The number of benzene rings is 1. The quantitative estimate of drug-likeness (QED) is 0.583. The van der Waals surface area contributed by atoms with Crippen LogP contribution in [-0.4, -0.2) is 71.2 Å². The number of imidazole rings is 1. The van der Waals surface area contributed by atoms with Crippen LogP contribution in [0.5, 0.6) is 0 Å². The summed E-state index contributed by atoms with van der Waals surface area (Å²) in [4.78, 5) is 19.6. The van der Waals surface area contributed by atoms with Gasteiger partial charge < -0.3 is 19.4 Å². The fourth-order valence-corrected chi connectivity index (χ4v) is 5.17. The summed E-state index contributed by atoms with van der Waals surface area (Å²) in [5.74, 6) is 0.364. The van der Waals surface area contributed by atoms with E-state index < -0.39 is 0 Å². The van der Waals surface area contributed by atoms with Crippen LogP contribution in [0.4, 0.5) is 0 Å². The molecule has 3 heterocycles. The molecular formula is C24H34N4O3S. The molecule has 2 saturated heterocycles. The summed E-state index contributed by atoms with van der Waals surface area (Å²) < 4.78 is 13.9. The molecule has 2 aromatic rings. The molecule has 1 amide bonds. The van der Waals surface area contributed by atoms with Crippen molar-refractivity contribution in [3.8, 4) is 0 Å². The summed E-state index contributed by atoms with van der Waals surface area (Å²) in [5, 5.41) is 3.94. The predicted molar refractivity (Wildman–Crippen MR) is 126 cm³/mol. The summed E-state index contributed by atoms with van der Waals surface area (Å²) in [5.41, 5.74) is 3.47. The van der Waals surface area contributed by atoms with Crippen LogP contribution in [0.15, 0.2) is 35.5 Å². The molecule has 2 aliphatic heterocycles. The summed E-state index contributed by atoms with van der Waals surface area (Å²) >= 11 is 1.50. The van der Waals surface area contributed by atoms with E-state index in [2.05, 4.69) is 51.0 Å². The van der Waals surface area contributed by atoms with E-state index in [1.807, 2.05) is 13.0 Å². The van der Waals surface area contributed by atoms with Crippen LogP contribution in [0.25, 0.3) is 0 Å². The molecule has 0 saturated carbocycles. The molecule has 1 N–H and O–H groups in total. The lowest BCUT2D eigenvalue weighted by Crippen LogP contribution is -2.47. The van der Waals surface area contributed by atoms with E-state index in [1.165, 1.54) is 17.3 Å². The Bertz CT molecular complexity index is 883. The lowest BCUT2D eigenvalue weighted by molar-refractivity contribution is -0.119. The fraction of sp³-hybridized carbons (Fsp3) is 0.583. The number of aryl methyl sites for hydroxylation is 1. The van der Waals surface area contributed by atoms with E-state index in [-0.39, 0.29) is 18.1 Å². The molecular weight excluding hydrogens is 424 g/mol. The zero-order valence-electron chi connectivity index (χ0n) is 19.1. The minimum Gasteiger partial charge on any atom is -0.376 e. The first-order valence-corrected chi connectivity index (χ1v) is 12.5. The Morgan fingerprint density at radius 2 is 2.00 bits per heavy atom. The van der Waals surface area contributed by atoms with Crippen molar-refractivity contribution in [3.05, 3.63) is 47.3 Å². The number of nitrogens with one attached hydrogen (secondary N) is 1. The number of hydrogen-bond donors (Lipinski definition) is 1. The van der Waals surface area contributed by atoms with Gasteiger partial charge in [0.05, 0.1) is 36.8 Å². The average Bonchev–Trinajstić information content (AvgIpc) is 3.41. The number of rotatable bonds is 9. The summed E-state index contributed by atoms with van der Waals surface area (Å²) in [6.45, 7) is 9.65. The third-order valence-electron chi connectivity index (χ3n) is 6.16. The summed E-state index contributed by atoms with van der Waals surface area (Å²) in [7, 11) is 0. The van der Waals surface area contributed by atoms with Crippen LogP contribution in [0.3, 0.4) is 0 Å². The summed E-state index contributed by atoms with van der Waals surface area (Å²) in [6.07, 6.45) is 2.48. The van der Waals surface area contributed by atoms with Crippen LogP contribution in [-0.2, 0) is 27.4 Å². The minimum atomic E-state index is 0.0146. The van der Waals surface area contributed by atoms with Gasteiger partial charge in [0.2, 0.25) is 5.91 Å². The molecule has 0 radical (unpaired) electrons. The van der Waals surface area contributed by atoms with Gasteiger partial charge in [-0.3, -0.25) is 9.69 Å². The Morgan fingerprint density at radius 1 is 1.19 bits per heavy atom. The Labute approximate surface area is 194 Å². The normalized spacial score (nSPS) is 21.7. The number of carbonyl (C=O) groups excluding carboxylic acids is 1. The maximum Gasteiger partial charge on any atom is 0.230 e. The van der Waals surface area contributed by atoms with E-state index >= 15 is 0 Å². The minimum absolute atomic E-state index is 0.0146. The maximum atomic E-state index is 12.5. The molecule has 174 valence electrons. The average molecular weight is 459 g/mol. The van der Waals surface area contributed by atoms with E-state index in [4.69, 9.17) is 9.47 Å². The topological polar surface area (TPSA) is 68.6 Å². The number of hydrogen-bond acceptors (Lipinski definition) is 6. The highest BCUT2D eigenvalue weighted by Gasteiger charge is 2.23. The van der Waals surface area contributed by atoms with Gasteiger partial charge in [0.25, 0.3) is 0 Å². The van der Waals surface area contributed by atoms with Crippen LogP contribution in [0, 0.1) is 13.8 Å². The monoisotopic (exact) mass is 458 g/mol. The highest BCUT2D eigenvalue weighted by Crippen LogP contribution is 2.24. The van der Waals surface area contributed by atoms with Gasteiger partial charge in [0.15, 0.2) is 5.16 Å². The molecule has 7 nitrogen and oxygen atoms in total. The molecule has 1 aromatic heterocycles. The van der Waals surface area contributed by atoms with Gasteiger partial charge >= 0.3 is 0 Å². The Hall–Kier alpha value is -1.87. The number of ether oxygens (including phenoxy) is 2. The third-order valence-corrected chi connectivity index (χ3v) is 7.14. The Morgan fingerprint density at radius 3 is 2.78 bits per heavy atom. The van der Waals surface area contributed by atoms with Gasteiger partial charge in [-0.25, -0.2) is 4.98 Å². The lowest BCUT2D eigenvalue weighted by atomic mass is 10.2. The van der Waals surface area contributed by atoms with Crippen molar-refractivity contribution >= 4 is 17.7 Å². The van der Waals surface area contributed by atoms with E-state index in [1.54, 1.807) is 0 Å². The van der Waals surface area contributed by atoms with Gasteiger partial charge in [-0.05, 0) is 32.3 Å². The molecule has 1 aromatic carbocycles. The van der Waals surface area contributed by atoms with E-state index in [0.29, 0.717) is 18.9 Å². The number of nitrogens with zero attached hydrogens (tertiary/aromatic N) is 3. The highest BCUT2D eigenvalue weighted by atomic mass is 32.2. The second kappa shape index (κ2) is 11.3. The molecule has 0 unspecified atom stereocenters. The van der Waals surface area contributed by atoms with Crippen LogP contribution < -0.4 is 5.32 Å². The highest BCUT2D eigenvalue weighted by molar-refractivity contribution is 7.99. The number of aromatic nitrogens is 2. The van der Waals surface area contributed by atoms with Crippen molar-refractivity contribution in [2.45, 2.75) is 57.1 Å². The lowest BCUT2D eigenvalue weighted by Gasteiger charge is -2.33. The smallest absolute Gasteiger partial charge is 0.230 e. The first-order chi connectivity index (χ1) is 15.6. The molecule has 2 atom stereocenters. The van der Waals surface area contributed by atoms with Crippen LogP contribution >= 0.6 is 11.8 Å². The Kier molecular flexibility index (Phi) is 8.24. The zero-order chi connectivity index (χ0) is 22.3. The Balaban J connectivity index is 1.22. The molecule has 32 heavy (non-hydrogen) atoms. The van der Waals surface area contributed by atoms with Crippen molar-refractivity contribution in [2.75, 3.05) is 38.6 Å². The predicted octanol–water partition coefficient (Wildman–Crippen LogP) is 2.79. The van der Waals surface area contributed by atoms with Gasteiger partial charge in [-0.1, -0.05) is 42.1 Å². The molecule has 0 aliphatic carbocycles. The van der Waals surface area contributed by atoms with E-state index in [0.717, 1.165) is 62.2 Å². The largest absolute Gasteiger partial charge is 0.376 e. The second-order valence-corrected chi connectivity index (χ2v) is 9.56. The van der Waals surface area contributed by atoms with Gasteiger partial charge in [-0.15, -0.1) is 0 Å².